The van der Waals surface area contributed by atoms with Crippen LogP contribution in [0.15, 0.2) is 48.5 Å². The van der Waals surface area contributed by atoms with E-state index >= 15 is 0 Å². The monoisotopic (exact) mass is 394 g/mol. The zero-order chi connectivity index (χ0) is 21.5. The van der Waals surface area contributed by atoms with Gasteiger partial charge in [-0.1, -0.05) is 24.3 Å². The second kappa shape index (κ2) is 13.5. The van der Waals surface area contributed by atoms with Crippen molar-refractivity contribution in [2.45, 2.75) is 13.8 Å². The van der Waals surface area contributed by atoms with Gasteiger partial charge in [0.15, 0.2) is 0 Å². The van der Waals surface area contributed by atoms with Gasteiger partial charge >= 0.3 is 18.1 Å². The number of hydrogen-bond donors (Lipinski definition) is 4. The molecule has 0 aliphatic rings. The van der Waals surface area contributed by atoms with Crippen LogP contribution in [0.4, 0.5) is 4.79 Å². The van der Waals surface area contributed by atoms with Gasteiger partial charge in [-0.05, 0) is 38.1 Å². The van der Waals surface area contributed by atoms with Gasteiger partial charge in [-0.25, -0.2) is 14.4 Å². The lowest BCUT2D eigenvalue weighted by atomic mass is 10.2. The average Bonchev–Trinajstić information content (AvgIpc) is 2.63. The molecule has 0 unspecified atom stereocenters. The number of carbonyl (C=O) groups is 3. The summed E-state index contributed by atoms with van der Waals surface area (Å²) >= 11 is 0. The standard InChI is InChI=1S/2C9H10O3.CH2O3/c2*1-2-12-8-6-4-3-5-7(8)9(10)11;2-1(3)4/h2*3-6H,2H2,1H3,(H,10,11);(H2,2,3,4). The molecule has 152 valence electrons. The Kier molecular flexibility index (Phi) is 11.7. The van der Waals surface area contributed by atoms with E-state index in [1.807, 2.05) is 13.8 Å². The van der Waals surface area contributed by atoms with Crippen LogP contribution >= 0.6 is 0 Å². The van der Waals surface area contributed by atoms with Crippen LogP contribution in [0.2, 0.25) is 0 Å². The Hall–Kier alpha value is -3.75. The van der Waals surface area contributed by atoms with E-state index in [1.54, 1.807) is 36.4 Å². The highest BCUT2D eigenvalue weighted by molar-refractivity contribution is 5.91. The quantitative estimate of drug-likeness (QED) is 0.573. The molecule has 2 aromatic rings. The Balaban J connectivity index is 0.000000439. The molecule has 4 N–H and O–H groups in total. The van der Waals surface area contributed by atoms with Crippen LogP contribution in [-0.2, 0) is 0 Å². The number of aromatic carboxylic acids is 2. The number of para-hydroxylation sites is 2. The fourth-order valence-corrected chi connectivity index (χ4v) is 1.85. The molecule has 0 atom stereocenters. The Labute approximate surface area is 161 Å². The van der Waals surface area contributed by atoms with E-state index in [-0.39, 0.29) is 11.1 Å². The van der Waals surface area contributed by atoms with Crippen molar-refractivity contribution in [3.8, 4) is 11.5 Å². The lowest BCUT2D eigenvalue weighted by molar-refractivity contribution is 0.0681. The Morgan fingerprint density at radius 2 is 0.964 bits per heavy atom. The molecule has 0 heterocycles. The van der Waals surface area contributed by atoms with Crippen molar-refractivity contribution in [3.05, 3.63) is 59.7 Å². The van der Waals surface area contributed by atoms with E-state index in [0.717, 1.165) is 0 Å². The van der Waals surface area contributed by atoms with Crippen LogP contribution < -0.4 is 9.47 Å². The highest BCUT2D eigenvalue weighted by Crippen LogP contribution is 2.18. The predicted molar refractivity (Wildman–Crippen MR) is 99.8 cm³/mol. The molecule has 0 aromatic heterocycles. The second-order valence-electron chi connectivity index (χ2n) is 4.75. The predicted octanol–water partition coefficient (Wildman–Crippen LogP) is 3.79. The minimum Gasteiger partial charge on any atom is -0.493 e. The van der Waals surface area contributed by atoms with Gasteiger partial charge in [0.25, 0.3) is 0 Å². The zero-order valence-corrected chi connectivity index (χ0v) is 15.4. The van der Waals surface area contributed by atoms with Crippen LogP contribution in [0, 0.1) is 0 Å². The smallest absolute Gasteiger partial charge is 0.493 e. The molecular weight excluding hydrogens is 372 g/mol. The fourth-order valence-electron chi connectivity index (χ4n) is 1.85. The second-order valence-corrected chi connectivity index (χ2v) is 4.75. The highest BCUT2D eigenvalue weighted by Gasteiger charge is 2.09. The maximum absolute atomic E-state index is 10.6. The van der Waals surface area contributed by atoms with E-state index in [4.69, 9.17) is 34.7 Å². The normalized spacial score (nSPS) is 8.93. The van der Waals surface area contributed by atoms with Crippen LogP contribution in [0.1, 0.15) is 34.6 Å². The zero-order valence-electron chi connectivity index (χ0n) is 15.4. The van der Waals surface area contributed by atoms with E-state index in [2.05, 4.69) is 0 Å². The van der Waals surface area contributed by atoms with E-state index in [1.165, 1.54) is 12.1 Å². The Bertz CT molecular complexity index is 708. The van der Waals surface area contributed by atoms with Crippen molar-refractivity contribution in [3.63, 3.8) is 0 Å². The lowest BCUT2D eigenvalue weighted by Crippen LogP contribution is -2.01. The molecule has 0 bridgehead atoms. The molecule has 0 amide bonds. The number of ether oxygens (including phenoxy) is 2. The molecule has 9 heteroatoms. The third-order valence-corrected chi connectivity index (χ3v) is 2.83. The summed E-state index contributed by atoms with van der Waals surface area (Å²) < 4.78 is 10.2. The molecule has 0 aliphatic heterocycles. The van der Waals surface area contributed by atoms with Gasteiger partial charge in [-0.3, -0.25) is 0 Å². The first-order valence-electron chi connectivity index (χ1n) is 8.06. The van der Waals surface area contributed by atoms with Crippen molar-refractivity contribution in [1.82, 2.24) is 0 Å². The third kappa shape index (κ3) is 9.66. The summed E-state index contributed by atoms with van der Waals surface area (Å²) in [6.45, 7) is 4.59. The van der Waals surface area contributed by atoms with E-state index < -0.39 is 18.1 Å². The number of rotatable bonds is 6. The molecule has 0 aliphatic carbocycles. The molecule has 28 heavy (non-hydrogen) atoms. The molecule has 2 rings (SSSR count). The minimum atomic E-state index is -1.83. The minimum absolute atomic E-state index is 0.208. The molecule has 0 radical (unpaired) electrons. The molecule has 0 saturated carbocycles. The van der Waals surface area contributed by atoms with E-state index in [9.17, 15) is 9.59 Å². The van der Waals surface area contributed by atoms with Crippen molar-refractivity contribution in [1.29, 1.82) is 0 Å². The highest BCUT2D eigenvalue weighted by atomic mass is 16.6. The van der Waals surface area contributed by atoms with Crippen LogP contribution in [-0.4, -0.2) is 51.7 Å². The number of hydrogen-bond acceptors (Lipinski definition) is 5. The van der Waals surface area contributed by atoms with Gasteiger partial charge in [0, 0.05) is 0 Å². The molecule has 9 nitrogen and oxygen atoms in total. The molecule has 2 aromatic carbocycles. The first-order chi connectivity index (χ1) is 13.2. The SMILES string of the molecule is CCOc1ccccc1C(=O)O.CCOc1ccccc1C(=O)O.O=C(O)O. The fraction of sp³-hybridized carbons (Fsp3) is 0.211. The summed E-state index contributed by atoms with van der Waals surface area (Å²) in [4.78, 5) is 29.8. The van der Waals surface area contributed by atoms with Crippen molar-refractivity contribution in [2.75, 3.05) is 13.2 Å². The van der Waals surface area contributed by atoms with Gasteiger partial charge in [-0.2, -0.15) is 0 Å². The van der Waals surface area contributed by atoms with Crippen molar-refractivity contribution in [2.24, 2.45) is 0 Å². The maximum Gasteiger partial charge on any atom is 0.503 e. The molecular formula is C19H22O9. The molecule has 0 saturated heterocycles. The van der Waals surface area contributed by atoms with Gasteiger partial charge in [0.2, 0.25) is 0 Å². The van der Waals surface area contributed by atoms with Crippen molar-refractivity contribution < 1.29 is 44.3 Å². The van der Waals surface area contributed by atoms with E-state index in [0.29, 0.717) is 24.7 Å². The molecule has 0 fully saturated rings. The van der Waals surface area contributed by atoms with Gasteiger partial charge in [0.1, 0.15) is 22.6 Å². The summed E-state index contributed by atoms with van der Waals surface area (Å²) in [6.07, 6.45) is -1.83. The Morgan fingerprint density at radius 3 is 1.21 bits per heavy atom. The summed E-state index contributed by atoms with van der Waals surface area (Å²) in [5, 5.41) is 31.4. The van der Waals surface area contributed by atoms with Crippen molar-refractivity contribution >= 4 is 18.1 Å². The number of carboxylic acid groups (broad SMARTS) is 4. The third-order valence-electron chi connectivity index (χ3n) is 2.83. The summed E-state index contributed by atoms with van der Waals surface area (Å²) in [5.74, 6) is -1.07. The summed E-state index contributed by atoms with van der Waals surface area (Å²) in [6, 6.07) is 13.2. The number of benzene rings is 2. The van der Waals surface area contributed by atoms with Crippen LogP contribution in [0.5, 0.6) is 11.5 Å². The van der Waals surface area contributed by atoms with Crippen LogP contribution in [0.3, 0.4) is 0 Å². The summed E-state index contributed by atoms with van der Waals surface area (Å²) in [5.41, 5.74) is 0.415. The first kappa shape index (κ1) is 24.2. The maximum atomic E-state index is 10.6. The topological polar surface area (TPSA) is 151 Å². The van der Waals surface area contributed by atoms with Gasteiger partial charge in [-0.15, -0.1) is 0 Å². The number of carboxylic acids is 2. The molecule has 0 spiro atoms. The van der Waals surface area contributed by atoms with Gasteiger partial charge < -0.3 is 29.9 Å². The Morgan fingerprint density at radius 1 is 0.679 bits per heavy atom. The largest absolute Gasteiger partial charge is 0.503 e. The van der Waals surface area contributed by atoms with Crippen LogP contribution in [0.25, 0.3) is 0 Å². The lowest BCUT2D eigenvalue weighted by Gasteiger charge is -2.05. The first-order valence-corrected chi connectivity index (χ1v) is 8.06. The summed E-state index contributed by atoms with van der Waals surface area (Å²) in [7, 11) is 0. The van der Waals surface area contributed by atoms with Gasteiger partial charge in [0.05, 0.1) is 13.2 Å². The average molecular weight is 394 g/mol.